The lowest BCUT2D eigenvalue weighted by molar-refractivity contribution is -0.227. The molecule has 20 heavy (non-hydrogen) atoms. The van der Waals surface area contributed by atoms with Crippen LogP contribution in [0.4, 0.5) is 0 Å². The Labute approximate surface area is 115 Å². The number of benzene rings is 1. The van der Waals surface area contributed by atoms with Gasteiger partial charge in [-0.3, -0.25) is 9.48 Å². The normalized spacial score (nSPS) is 30.4. The number of hydrogen-bond acceptors (Lipinski definition) is 3. The van der Waals surface area contributed by atoms with Gasteiger partial charge in [0.25, 0.3) is 0 Å². The standard InChI is InChI=1S/C15H13N3O2/c16-4-10-1-2-12-11(3-10)5-17-18(12)9-14-6-15(7-14,8-14)13(19)20/h1-3,5H,6-9H2,(H,19,20). The van der Waals surface area contributed by atoms with Crippen molar-refractivity contribution in [1.82, 2.24) is 9.78 Å². The van der Waals surface area contributed by atoms with E-state index >= 15 is 0 Å². The predicted molar refractivity (Wildman–Crippen MR) is 70.8 cm³/mol. The van der Waals surface area contributed by atoms with Crippen LogP contribution >= 0.6 is 0 Å². The quantitative estimate of drug-likeness (QED) is 0.924. The molecule has 3 aliphatic rings. The molecule has 0 spiro atoms. The second-order valence-electron chi connectivity index (χ2n) is 6.30. The Bertz CT molecular complexity index is 764. The highest BCUT2D eigenvalue weighted by Gasteiger charge is 2.71. The first-order chi connectivity index (χ1) is 9.56. The highest BCUT2D eigenvalue weighted by atomic mass is 16.4. The minimum atomic E-state index is -0.650. The molecule has 0 amide bonds. The zero-order valence-corrected chi connectivity index (χ0v) is 10.8. The first kappa shape index (κ1) is 11.5. The fraction of sp³-hybridized carbons (Fsp3) is 0.400. The average Bonchev–Trinajstić information content (AvgIpc) is 2.73. The molecule has 0 saturated heterocycles. The summed E-state index contributed by atoms with van der Waals surface area (Å²) >= 11 is 0. The molecule has 5 rings (SSSR count). The number of carboxylic acids is 1. The molecule has 5 heteroatoms. The molecule has 0 unspecified atom stereocenters. The number of carbonyl (C=O) groups is 1. The number of hydrogen-bond donors (Lipinski definition) is 1. The summed E-state index contributed by atoms with van der Waals surface area (Å²) < 4.78 is 1.95. The minimum Gasteiger partial charge on any atom is -0.481 e. The van der Waals surface area contributed by atoms with Crippen molar-refractivity contribution in [2.45, 2.75) is 25.8 Å². The molecule has 3 saturated carbocycles. The molecule has 0 aliphatic heterocycles. The number of aliphatic carboxylic acids is 1. The smallest absolute Gasteiger partial charge is 0.309 e. The molecule has 5 nitrogen and oxygen atoms in total. The SMILES string of the molecule is N#Cc1ccc2c(cnn2CC23CC(C(=O)O)(C2)C3)c1. The Morgan fingerprint density at radius 1 is 1.45 bits per heavy atom. The lowest BCUT2D eigenvalue weighted by Crippen LogP contribution is -2.66. The summed E-state index contributed by atoms with van der Waals surface area (Å²) in [5.74, 6) is -0.650. The first-order valence-electron chi connectivity index (χ1n) is 6.65. The summed E-state index contributed by atoms with van der Waals surface area (Å²) in [5.41, 5.74) is 1.34. The van der Waals surface area contributed by atoms with Crippen molar-refractivity contribution >= 4 is 16.9 Å². The zero-order chi connectivity index (χ0) is 14.0. The molecule has 0 radical (unpaired) electrons. The Morgan fingerprint density at radius 2 is 2.20 bits per heavy atom. The maximum Gasteiger partial charge on any atom is 0.309 e. The number of fused-ring (bicyclic) bond motifs is 1. The molecule has 100 valence electrons. The second-order valence-corrected chi connectivity index (χ2v) is 6.30. The van der Waals surface area contributed by atoms with E-state index in [9.17, 15) is 4.79 Å². The molecular formula is C15H13N3O2. The average molecular weight is 267 g/mol. The van der Waals surface area contributed by atoms with Gasteiger partial charge >= 0.3 is 5.97 Å². The Hall–Kier alpha value is -2.35. The first-order valence-corrected chi connectivity index (χ1v) is 6.65. The van der Waals surface area contributed by atoms with Crippen molar-refractivity contribution < 1.29 is 9.90 Å². The highest BCUT2D eigenvalue weighted by Crippen LogP contribution is 2.74. The van der Waals surface area contributed by atoms with Crippen LogP contribution in [0, 0.1) is 22.2 Å². The predicted octanol–water partition coefficient (Wildman–Crippen LogP) is 2.16. The molecule has 1 N–H and O–H groups in total. The van der Waals surface area contributed by atoms with E-state index in [4.69, 9.17) is 10.4 Å². The summed E-state index contributed by atoms with van der Waals surface area (Å²) in [4.78, 5) is 11.1. The van der Waals surface area contributed by atoms with E-state index in [1.54, 1.807) is 12.3 Å². The third kappa shape index (κ3) is 1.31. The highest BCUT2D eigenvalue weighted by molar-refractivity contribution is 5.81. The van der Waals surface area contributed by atoms with Gasteiger partial charge in [-0.15, -0.1) is 0 Å². The van der Waals surface area contributed by atoms with Crippen LogP contribution < -0.4 is 0 Å². The summed E-state index contributed by atoms with van der Waals surface area (Å²) in [5, 5.41) is 23.4. The van der Waals surface area contributed by atoms with Crippen LogP contribution in [0.5, 0.6) is 0 Å². The van der Waals surface area contributed by atoms with Crippen LogP contribution in [0.3, 0.4) is 0 Å². The number of aromatic nitrogens is 2. The molecule has 2 bridgehead atoms. The number of rotatable bonds is 3. The van der Waals surface area contributed by atoms with Crippen LogP contribution in [0.15, 0.2) is 24.4 Å². The molecule has 1 aromatic heterocycles. The van der Waals surface area contributed by atoms with Crippen LogP contribution in [0.25, 0.3) is 10.9 Å². The lowest BCUT2D eigenvalue weighted by atomic mass is 9.35. The third-order valence-corrected chi connectivity index (χ3v) is 4.85. The van der Waals surface area contributed by atoms with Gasteiger partial charge in [-0.1, -0.05) is 0 Å². The van der Waals surface area contributed by atoms with E-state index in [1.165, 1.54) is 0 Å². The van der Waals surface area contributed by atoms with Crippen molar-refractivity contribution in [3.8, 4) is 6.07 Å². The Kier molecular flexibility index (Phi) is 1.95. The van der Waals surface area contributed by atoms with Gasteiger partial charge in [0.15, 0.2) is 0 Å². The van der Waals surface area contributed by atoms with Crippen molar-refractivity contribution in [2.24, 2.45) is 10.8 Å². The third-order valence-electron chi connectivity index (χ3n) is 4.85. The lowest BCUT2D eigenvalue weighted by Gasteiger charge is -2.68. The van der Waals surface area contributed by atoms with Crippen LogP contribution in [-0.4, -0.2) is 20.9 Å². The monoisotopic (exact) mass is 267 g/mol. The van der Waals surface area contributed by atoms with Crippen molar-refractivity contribution in [3.63, 3.8) is 0 Å². The van der Waals surface area contributed by atoms with Crippen LogP contribution in [0.2, 0.25) is 0 Å². The fourth-order valence-corrected chi connectivity index (χ4v) is 3.99. The molecule has 0 atom stereocenters. The van der Waals surface area contributed by atoms with Gasteiger partial charge in [0.05, 0.1) is 28.8 Å². The second kappa shape index (κ2) is 3.40. The van der Waals surface area contributed by atoms with E-state index in [0.29, 0.717) is 5.56 Å². The van der Waals surface area contributed by atoms with Crippen molar-refractivity contribution in [2.75, 3.05) is 0 Å². The van der Waals surface area contributed by atoms with E-state index in [2.05, 4.69) is 11.2 Å². The summed E-state index contributed by atoms with van der Waals surface area (Å²) in [6.07, 6.45) is 4.08. The topological polar surface area (TPSA) is 78.9 Å². The molecule has 1 aromatic carbocycles. The number of nitrogens with zero attached hydrogens (tertiary/aromatic N) is 3. The maximum absolute atomic E-state index is 11.1. The Balaban J connectivity index is 1.60. The maximum atomic E-state index is 11.1. The van der Waals surface area contributed by atoms with E-state index in [1.807, 2.05) is 16.8 Å². The van der Waals surface area contributed by atoms with Gasteiger partial charge in [0, 0.05) is 11.9 Å². The van der Waals surface area contributed by atoms with Gasteiger partial charge in [-0.2, -0.15) is 10.4 Å². The number of nitriles is 1. The largest absolute Gasteiger partial charge is 0.481 e. The van der Waals surface area contributed by atoms with Crippen molar-refractivity contribution in [3.05, 3.63) is 30.0 Å². The molecular weight excluding hydrogens is 254 g/mol. The Morgan fingerprint density at radius 3 is 2.85 bits per heavy atom. The minimum absolute atomic E-state index is 0.130. The fourth-order valence-electron chi connectivity index (χ4n) is 3.99. The summed E-state index contributed by atoms with van der Waals surface area (Å²) in [6.45, 7) is 0.775. The zero-order valence-electron chi connectivity index (χ0n) is 10.8. The van der Waals surface area contributed by atoms with Gasteiger partial charge in [0.1, 0.15) is 0 Å². The molecule has 3 aliphatic carbocycles. The van der Waals surface area contributed by atoms with E-state index in [-0.39, 0.29) is 5.41 Å². The summed E-state index contributed by atoms with van der Waals surface area (Å²) in [6, 6.07) is 7.66. The van der Waals surface area contributed by atoms with E-state index in [0.717, 1.165) is 36.7 Å². The molecule has 1 heterocycles. The van der Waals surface area contributed by atoms with E-state index < -0.39 is 11.4 Å². The van der Waals surface area contributed by atoms with Gasteiger partial charge in [0.2, 0.25) is 0 Å². The van der Waals surface area contributed by atoms with Crippen LogP contribution in [-0.2, 0) is 11.3 Å². The van der Waals surface area contributed by atoms with Crippen LogP contribution in [0.1, 0.15) is 24.8 Å². The van der Waals surface area contributed by atoms with Gasteiger partial charge in [-0.25, -0.2) is 0 Å². The number of carboxylic acid groups (broad SMARTS) is 1. The van der Waals surface area contributed by atoms with Gasteiger partial charge in [-0.05, 0) is 42.9 Å². The molecule has 2 aromatic rings. The van der Waals surface area contributed by atoms with Crippen molar-refractivity contribution in [1.29, 1.82) is 5.26 Å². The summed E-state index contributed by atoms with van der Waals surface area (Å²) in [7, 11) is 0. The molecule has 3 fully saturated rings. The van der Waals surface area contributed by atoms with Gasteiger partial charge < -0.3 is 5.11 Å².